The molecular formula is C16H22ClN3O2. The molecular weight excluding hydrogens is 302 g/mol. The average molecular weight is 324 g/mol. The number of nitrogens with one attached hydrogen (secondary N) is 2. The Labute approximate surface area is 136 Å². The first kappa shape index (κ1) is 16.8. The van der Waals surface area contributed by atoms with E-state index in [0.717, 1.165) is 25.1 Å². The highest BCUT2D eigenvalue weighted by molar-refractivity contribution is 6.00. The Balaban J connectivity index is 0.00000176. The molecule has 0 spiro atoms. The van der Waals surface area contributed by atoms with Gasteiger partial charge in [-0.1, -0.05) is 17.7 Å². The molecule has 0 bridgehead atoms. The number of benzene rings is 1. The SMILES string of the molecule is Cc1ccc(N2CCCC(NC(=O)C3CNC3)C2=O)cc1.Cl. The van der Waals surface area contributed by atoms with Crippen LogP contribution >= 0.6 is 12.4 Å². The number of hydrogen-bond donors (Lipinski definition) is 2. The van der Waals surface area contributed by atoms with Crippen molar-refractivity contribution in [1.82, 2.24) is 10.6 Å². The minimum Gasteiger partial charge on any atom is -0.344 e. The number of anilines is 1. The molecule has 1 atom stereocenters. The van der Waals surface area contributed by atoms with Crippen LogP contribution in [-0.2, 0) is 9.59 Å². The molecule has 0 aliphatic carbocycles. The van der Waals surface area contributed by atoms with Crippen molar-refractivity contribution in [2.75, 3.05) is 24.5 Å². The number of nitrogens with zero attached hydrogens (tertiary/aromatic N) is 1. The van der Waals surface area contributed by atoms with Gasteiger partial charge in [0.15, 0.2) is 0 Å². The van der Waals surface area contributed by atoms with E-state index < -0.39 is 0 Å². The van der Waals surface area contributed by atoms with Crippen molar-refractivity contribution in [3.63, 3.8) is 0 Å². The van der Waals surface area contributed by atoms with Crippen LogP contribution in [0.1, 0.15) is 18.4 Å². The minimum absolute atomic E-state index is 0. The molecule has 0 saturated carbocycles. The molecule has 0 radical (unpaired) electrons. The third-order valence-electron chi connectivity index (χ3n) is 4.25. The van der Waals surface area contributed by atoms with Gasteiger partial charge in [0, 0.05) is 25.3 Å². The smallest absolute Gasteiger partial charge is 0.249 e. The van der Waals surface area contributed by atoms with Gasteiger partial charge < -0.3 is 15.5 Å². The fourth-order valence-corrected chi connectivity index (χ4v) is 2.75. The standard InChI is InChI=1S/C16H21N3O2.ClH/c1-11-4-6-13(7-5-11)19-8-2-3-14(16(19)21)18-15(20)12-9-17-10-12;/h4-7,12,14,17H,2-3,8-10H2,1H3,(H,18,20);1H. The molecule has 1 unspecified atom stereocenters. The van der Waals surface area contributed by atoms with Gasteiger partial charge in [-0.05, 0) is 31.9 Å². The van der Waals surface area contributed by atoms with Crippen LogP contribution in [0.5, 0.6) is 0 Å². The van der Waals surface area contributed by atoms with E-state index in [0.29, 0.717) is 13.1 Å². The van der Waals surface area contributed by atoms with Crippen LogP contribution in [0.3, 0.4) is 0 Å². The molecule has 1 aromatic rings. The monoisotopic (exact) mass is 323 g/mol. The van der Waals surface area contributed by atoms with E-state index in [-0.39, 0.29) is 36.2 Å². The molecule has 2 heterocycles. The lowest BCUT2D eigenvalue weighted by molar-refractivity contribution is -0.131. The Morgan fingerprint density at radius 2 is 1.95 bits per heavy atom. The van der Waals surface area contributed by atoms with Gasteiger partial charge in [0.2, 0.25) is 11.8 Å². The lowest BCUT2D eigenvalue weighted by Crippen LogP contribution is -2.57. The highest BCUT2D eigenvalue weighted by atomic mass is 35.5. The lowest BCUT2D eigenvalue weighted by atomic mass is 9.99. The van der Waals surface area contributed by atoms with Crippen LogP contribution < -0.4 is 15.5 Å². The maximum Gasteiger partial charge on any atom is 0.249 e. The zero-order chi connectivity index (χ0) is 14.8. The van der Waals surface area contributed by atoms with Crippen LogP contribution in [-0.4, -0.2) is 37.5 Å². The van der Waals surface area contributed by atoms with Crippen molar-refractivity contribution in [2.45, 2.75) is 25.8 Å². The van der Waals surface area contributed by atoms with Crippen molar-refractivity contribution in [3.05, 3.63) is 29.8 Å². The van der Waals surface area contributed by atoms with Crippen LogP contribution in [0, 0.1) is 12.8 Å². The van der Waals surface area contributed by atoms with Crippen molar-refractivity contribution in [3.8, 4) is 0 Å². The van der Waals surface area contributed by atoms with Crippen LogP contribution in [0.25, 0.3) is 0 Å². The average Bonchev–Trinajstić information content (AvgIpc) is 2.40. The first-order valence-electron chi connectivity index (χ1n) is 7.54. The highest BCUT2D eigenvalue weighted by Gasteiger charge is 2.33. The van der Waals surface area contributed by atoms with Crippen molar-refractivity contribution >= 4 is 29.9 Å². The number of hydrogen-bond acceptors (Lipinski definition) is 3. The minimum atomic E-state index is -0.381. The predicted octanol–water partition coefficient (Wildman–Crippen LogP) is 1.25. The maximum absolute atomic E-state index is 12.6. The molecule has 2 aliphatic rings. The summed E-state index contributed by atoms with van der Waals surface area (Å²) >= 11 is 0. The van der Waals surface area contributed by atoms with Crippen molar-refractivity contribution in [1.29, 1.82) is 0 Å². The molecule has 5 nitrogen and oxygen atoms in total. The zero-order valence-electron chi connectivity index (χ0n) is 12.7. The van der Waals surface area contributed by atoms with Crippen molar-refractivity contribution in [2.24, 2.45) is 5.92 Å². The molecule has 22 heavy (non-hydrogen) atoms. The first-order valence-corrected chi connectivity index (χ1v) is 7.54. The van der Waals surface area contributed by atoms with Gasteiger partial charge in [-0.3, -0.25) is 9.59 Å². The number of amides is 2. The summed E-state index contributed by atoms with van der Waals surface area (Å²) in [5, 5.41) is 5.99. The van der Waals surface area contributed by atoms with Crippen LogP contribution in [0.2, 0.25) is 0 Å². The lowest BCUT2D eigenvalue weighted by Gasteiger charge is -2.34. The summed E-state index contributed by atoms with van der Waals surface area (Å²) in [6.45, 7) is 4.18. The van der Waals surface area contributed by atoms with E-state index in [2.05, 4.69) is 10.6 Å². The molecule has 120 valence electrons. The second-order valence-corrected chi connectivity index (χ2v) is 5.88. The quantitative estimate of drug-likeness (QED) is 0.880. The number of carbonyl (C=O) groups is 2. The number of halogens is 1. The zero-order valence-corrected chi connectivity index (χ0v) is 13.5. The fraction of sp³-hybridized carbons (Fsp3) is 0.500. The third-order valence-corrected chi connectivity index (χ3v) is 4.25. The van der Waals surface area contributed by atoms with Gasteiger partial charge in [-0.2, -0.15) is 0 Å². The highest BCUT2D eigenvalue weighted by Crippen LogP contribution is 2.22. The Bertz CT molecular complexity index is 543. The molecule has 3 rings (SSSR count). The Morgan fingerprint density at radius 1 is 1.27 bits per heavy atom. The Morgan fingerprint density at radius 3 is 2.55 bits per heavy atom. The Kier molecular flexibility index (Phi) is 5.42. The number of piperidine rings is 1. The summed E-state index contributed by atoms with van der Waals surface area (Å²) in [7, 11) is 0. The van der Waals surface area contributed by atoms with E-state index in [1.807, 2.05) is 31.2 Å². The topological polar surface area (TPSA) is 61.4 Å². The molecule has 2 saturated heterocycles. The van der Waals surface area contributed by atoms with Crippen LogP contribution in [0.15, 0.2) is 24.3 Å². The molecule has 2 N–H and O–H groups in total. The second kappa shape index (κ2) is 7.11. The van der Waals surface area contributed by atoms with E-state index in [9.17, 15) is 9.59 Å². The van der Waals surface area contributed by atoms with Crippen molar-refractivity contribution < 1.29 is 9.59 Å². The molecule has 6 heteroatoms. The molecule has 2 amide bonds. The summed E-state index contributed by atoms with van der Waals surface area (Å²) in [6.07, 6.45) is 1.64. The van der Waals surface area contributed by atoms with E-state index >= 15 is 0 Å². The van der Waals surface area contributed by atoms with Gasteiger partial charge >= 0.3 is 0 Å². The summed E-state index contributed by atoms with van der Waals surface area (Å²) < 4.78 is 0. The summed E-state index contributed by atoms with van der Waals surface area (Å²) in [6, 6.07) is 7.56. The molecule has 1 aromatic carbocycles. The van der Waals surface area contributed by atoms with Crippen LogP contribution in [0.4, 0.5) is 5.69 Å². The van der Waals surface area contributed by atoms with E-state index in [1.54, 1.807) is 4.90 Å². The molecule has 2 fully saturated rings. The van der Waals surface area contributed by atoms with Gasteiger partial charge in [0.25, 0.3) is 0 Å². The summed E-state index contributed by atoms with van der Waals surface area (Å²) in [4.78, 5) is 26.4. The number of aryl methyl sites for hydroxylation is 1. The summed E-state index contributed by atoms with van der Waals surface area (Å²) in [5.74, 6) is 0.0242. The van der Waals surface area contributed by atoms with Gasteiger partial charge in [0.05, 0.1) is 5.92 Å². The second-order valence-electron chi connectivity index (χ2n) is 5.88. The fourth-order valence-electron chi connectivity index (χ4n) is 2.75. The Hall–Kier alpha value is -1.59. The largest absolute Gasteiger partial charge is 0.344 e. The first-order chi connectivity index (χ1) is 10.1. The summed E-state index contributed by atoms with van der Waals surface area (Å²) in [5.41, 5.74) is 2.08. The van der Waals surface area contributed by atoms with Gasteiger partial charge in [0.1, 0.15) is 6.04 Å². The molecule has 0 aromatic heterocycles. The van der Waals surface area contributed by atoms with E-state index in [1.165, 1.54) is 5.56 Å². The predicted molar refractivity (Wildman–Crippen MR) is 88.3 cm³/mol. The van der Waals surface area contributed by atoms with E-state index in [4.69, 9.17) is 0 Å². The molecule has 2 aliphatic heterocycles. The van der Waals surface area contributed by atoms with Gasteiger partial charge in [-0.15, -0.1) is 12.4 Å². The third kappa shape index (κ3) is 3.42. The number of carbonyl (C=O) groups excluding carboxylic acids is 2. The maximum atomic E-state index is 12.6. The number of rotatable bonds is 3. The normalized spacial score (nSPS) is 21.8. The van der Waals surface area contributed by atoms with Gasteiger partial charge in [-0.25, -0.2) is 0 Å².